The normalized spacial score (nSPS) is 18.5. The smallest absolute Gasteiger partial charge is 0.184 e. The third-order valence-electron chi connectivity index (χ3n) is 3.59. The van der Waals surface area contributed by atoms with Crippen molar-refractivity contribution >= 4 is 5.69 Å². The van der Waals surface area contributed by atoms with Crippen LogP contribution in [0.4, 0.5) is 5.69 Å². The lowest BCUT2D eigenvalue weighted by Gasteiger charge is -2.33. The van der Waals surface area contributed by atoms with Crippen molar-refractivity contribution in [2.24, 2.45) is 0 Å². The standard InChI is InChI=1S/C14H20N2O3/c17-8-3-11-1-2-12(16-6-4-15-5-7-16)14-13(11)18-9-10-19-14/h1-2,15,17H,3-10H2. The van der Waals surface area contributed by atoms with Crippen LogP contribution >= 0.6 is 0 Å². The van der Waals surface area contributed by atoms with E-state index < -0.39 is 0 Å². The molecule has 0 aromatic heterocycles. The third kappa shape index (κ3) is 2.48. The van der Waals surface area contributed by atoms with Crippen molar-refractivity contribution in [3.63, 3.8) is 0 Å². The molecule has 0 saturated carbocycles. The summed E-state index contributed by atoms with van der Waals surface area (Å²) in [5.74, 6) is 1.66. The Labute approximate surface area is 113 Å². The summed E-state index contributed by atoms with van der Waals surface area (Å²) in [7, 11) is 0. The van der Waals surface area contributed by atoms with E-state index in [4.69, 9.17) is 14.6 Å². The van der Waals surface area contributed by atoms with E-state index in [1.165, 1.54) is 0 Å². The lowest BCUT2D eigenvalue weighted by Crippen LogP contribution is -2.43. The summed E-state index contributed by atoms with van der Waals surface area (Å²) < 4.78 is 11.6. The van der Waals surface area contributed by atoms with Crippen LogP contribution in [0.25, 0.3) is 0 Å². The van der Waals surface area contributed by atoms with E-state index in [0.717, 1.165) is 48.9 Å². The maximum Gasteiger partial charge on any atom is 0.184 e. The Morgan fingerprint density at radius 2 is 1.84 bits per heavy atom. The molecule has 2 aliphatic rings. The van der Waals surface area contributed by atoms with Gasteiger partial charge in [-0.3, -0.25) is 0 Å². The summed E-state index contributed by atoms with van der Waals surface area (Å²) >= 11 is 0. The zero-order valence-electron chi connectivity index (χ0n) is 11.0. The van der Waals surface area contributed by atoms with Gasteiger partial charge in [0.05, 0.1) is 5.69 Å². The number of piperazine rings is 1. The van der Waals surface area contributed by atoms with Crippen LogP contribution in [0.1, 0.15) is 5.56 Å². The summed E-state index contributed by atoms with van der Waals surface area (Å²) in [4.78, 5) is 2.33. The largest absolute Gasteiger partial charge is 0.486 e. The first kappa shape index (κ1) is 12.6. The van der Waals surface area contributed by atoms with Gasteiger partial charge in [0.15, 0.2) is 11.5 Å². The molecule has 1 aromatic rings. The number of fused-ring (bicyclic) bond motifs is 1. The molecule has 3 rings (SSSR count). The number of benzene rings is 1. The van der Waals surface area contributed by atoms with Gasteiger partial charge in [0.1, 0.15) is 13.2 Å². The van der Waals surface area contributed by atoms with Crippen LogP contribution in [0, 0.1) is 0 Å². The van der Waals surface area contributed by atoms with Crippen LogP contribution in [0.15, 0.2) is 12.1 Å². The van der Waals surface area contributed by atoms with E-state index in [9.17, 15) is 0 Å². The van der Waals surface area contributed by atoms with Crippen LogP contribution in [0.5, 0.6) is 11.5 Å². The summed E-state index contributed by atoms with van der Waals surface area (Å²) in [5.41, 5.74) is 2.13. The Morgan fingerprint density at radius 3 is 2.58 bits per heavy atom. The number of aliphatic hydroxyl groups is 1. The number of hydrogen-bond donors (Lipinski definition) is 2. The van der Waals surface area contributed by atoms with Crippen molar-refractivity contribution in [1.29, 1.82) is 0 Å². The summed E-state index contributed by atoms with van der Waals surface area (Å²) in [6, 6.07) is 4.13. The molecular formula is C14H20N2O3. The van der Waals surface area contributed by atoms with E-state index in [1.807, 2.05) is 6.07 Å². The first-order valence-electron chi connectivity index (χ1n) is 6.88. The van der Waals surface area contributed by atoms with Crippen LogP contribution in [0.2, 0.25) is 0 Å². The van der Waals surface area contributed by atoms with Gasteiger partial charge in [0, 0.05) is 38.3 Å². The van der Waals surface area contributed by atoms with E-state index in [0.29, 0.717) is 19.6 Å². The first-order valence-corrected chi connectivity index (χ1v) is 6.88. The Bertz CT molecular complexity index is 445. The summed E-state index contributed by atoms with van der Waals surface area (Å²) in [5, 5.41) is 12.5. The van der Waals surface area contributed by atoms with Crippen LogP contribution in [-0.2, 0) is 6.42 Å². The molecule has 2 heterocycles. The third-order valence-corrected chi connectivity index (χ3v) is 3.59. The quantitative estimate of drug-likeness (QED) is 0.828. The van der Waals surface area contributed by atoms with Crippen molar-refractivity contribution in [1.82, 2.24) is 5.32 Å². The molecular weight excluding hydrogens is 244 g/mol. The fourth-order valence-corrected chi connectivity index (χ4v) is 2.65. The average molecular weight is 264 g/mol. The number of nitrogens with one attached hydrogen (secondary N) is 1. The minimum atomic E-state index is 0.128. The van der Waals surface area contributed by atoms with Crippen molar-refractivity contribution in [3.05, 3.63) is 17.7 Å². The predicted molar refractivity (Wildman–Crippen MR) is 73.3 cm³/mol. The summed E-state index contributed by atoms with van der Waals surface area (Å²) in [6.45, 7) is 5.25. The fourth-order valence-electron chi connectivity index (χ4n) is 2.65. The highest BCUT2D eigenvalue weighted by molar-refractivity contribution is 5.68. The van der Waals surface area contributed by atoms with E-state index in [1.54, 1.807) is 0 Å². The highest BCUT2D eigenvalue weighted by atomic mass is 16.6. The Balaban J connectivity index is 1.95. The van der Waals surface area contributed by atoms with Gasteiger partial charge in [0.2, 0.25) is 0 Å². The molecule has 0 bridgehead atoms. The molecule has 5 nitrogen and oxygen atoms in total. The Kier molecular flexibility index (Phi) is 3.75. The van der Waals surface area contributed by atoms with Gasteiger partial charge in [-0.25, -0.2) is 0 Å². The lowest BCUT2D eigenvalue weighted by atomic mass is 10.1. The molecule has 0 radical (unpaired) electrons. The molecule has 104 valence electrons. The molecule has 0 atom stereocenters. The number of nitrogens with zero attached hydrogens (tertiary/aromatic N) is 1. The van der Waals surface area contributed by atoms with Gasteiger partial charge in [-0.05, 0) is 12.5 Å². The highest BCUT2D eigenvalue weighted by Crippen LogP contribution is 2.42. The topological polar surface area (TPSA) is 54.0 Å². The van der Waals surface area contributed by atoms with Gasteiger partial charge >= 0.3 is 0 Å². The SMILES string of the molecule is OCCc1ccc(N2CCNCC2)c2c1OCCO2. The molecule has 0 spiro atoms. The number of aliphatic hydroxyl groups excluding tert-OH is 1. The number of hydrogen-bond acceptors (Lipinski definition) is 5. The molecule has 2 N–H and O–H groups in total. The molecule has 2 aliphatic heterocycles. The Morgan fingerprint density at radius 1 is 1.11 bits per heavy atom. The maximum atomic E-state index is 9.12. The molecule has 19 heavy (non-hydrogen) atoms. The van der Waals surface area contributed by atoms with E-state index in [2.05, 4.69) is 16.3 Å². The minimum Gasteiger partial charge on any atom is -0.486 e. The number of ether oxygens (including phenoxy) is 2. The Hall–Kier alpha value is -1.46. The first-order chi connectivity index (χ1) is 9.40. The van der Waals surface area contributed by atoms with Crippen LogP contribution in [0.3, 0.4) is 0 Å². The molecule has 0 amide bonds. The average Bonchev–Trinajstić information content (AvgIpc) is 2.49. The maximum absolute atomic E-state index is 9.12. The summed E-state index contributed by atoms with van der Waals surface area (Å²) in [6.07, 6.45) is 0.605. The van der Waals surface area contributed by atoms with Crippen molar-refractivity contribution in [2.45, 2.75) is 6.42 Å². The van der Waals surface area contributed by atoms with Crippen molar-refractivity contribution in [3.8, 4) is 11.5 Å². The van der Waals surface area contributed by atoms with Crippen LogP contribution < -0.4 is 19.7 Å². The van der Waals surface area contributed by atoms with Crippen LogP contribution in [-0.4, -0.2) is 51.1 Å². The zero-order chi connectivity index (χ0) is 13.1. The van der Waals surface area contributed by atoms with Crippen molar-refractivity contribution < 1.29 is 14.6 Å². The van der Waals surface area contributed by atoms with E-state index >= 15 is 0 Å². The minimum absolute atomic E-state index is 0.128. The predicted octanol–water partition coefficient (Wildman–Crippen LogP) is 0.402. The molecule has 1 saturated heterocycles. The van der Waals surface area contributed by atoms with E-state index in [-0.39, 0.29) is 6.61 Å². The van der Waals surface area contributed by atoms with Gasteiger partial charge in [-0.1, -0.05) is 6.07 Å². The number of rotatable bonds is 3. The van der Waals surface area contributed by atoms with Gasteiger partial charge < -0.3 is 24.8 Å². The second-order valence-electron chi connectivity index (χ2n) is 4.81. The fraction of sp³-hybridized carbons (Fsp3) is 0.571. The molecule has 0 unspecified atom stereocenters. The van der Waals surface area contributed by atoms with Gasteiger partial charge in [0.25, 0.3) is 0 Å². The number of anilines is 1. The lowest BCUT2D eigenvalue weighted by molar-refractivity contribution is 0.169. The molecule has 0 aliphatic carbocycles. The second-order valence-corrected chi connectivity index (χ2v) is 4.81. The monoisotopic (exact) mass is 264 g/mol. The molecule has 5 heteroatoms. The van der Waals surface area contributed by atoms with Gasteiger partial charge in [-0.2, -0.15) is 0 Å². The molecule has 1 aromatic carbocycles. The highest BCUT2D eigenvalue weighted by Gasteiger charge is 2.23. The zero-order valence-corrected chi connectivity index (χ0v) is 11.0. The molecule has 1 fully saturated rings. The second kappa shape index (κ2) is 5.67. The van der Waals surface area contributed by atoms with Crippen molar-refractivity contribution in [2.75, 3.05) is 50.9 Å². The van der Waals surface area contributed by atoms with Gasteiger partial charge in [-0.15, -0.1) is 0 Å².